The quantitative estimate of drug-likeness (QED) is 0.812. The van der Waals surface area contributed by atoms with Gasteiger partial charge in [0.1, 0.15) is 10.6 Å². The summed E-state index contributed by atoms with van der Waals surface area (Å²) in [5.74, 6) is 0.569. The maximum absolute atomic E-state index is 12.8. The second-order valence-electron chi connectivity index (χ2n) is 6.07. The zero-order chi connectivity index (χ0) is 17.3. The Labute approximate surface area is 140 Å². The zero-order valence-electron chi connectivity index (χ0n) is 13.7. The van der Waals surface area contributed by atoms with Crippen molar-refractivity contribution >= 4 is 10.0 Å². The summed E-state index contributed by atoms with van der Waals surface area (Å²) in [5.41, 5.74) is 0.298. The third kappa shape index (κ3) is 3.13. The number of aryl methyl sites for hydroxylation is 2. The van der Waals surface area contributed by atoms with Crippen LogP contribution in [0.4, 0.5) is 0 Å². The molecule has 24 heavy (non-hydrogen) atoms. The van der Waals surface area contributed by atoms with Gasteiger partial charge in [0.2, 0.25) is 10.0 Å². The highest BCUT2D eigenvalue weighted by Crippen LogP contribution is 2.27. The molecule has 0 aliphatic carbocycles. The monoisotopic (exact) mass is 352 g/mol. The van der Waals surface area contributed by atoms with Crippen LogP contribution >= 0.6 is 0 Å². The van der Waals surface area contributed by atoms with Gasteiger partial charge in [0.05, 0.1) is 6.33 Å². The smallest absolute Gasteiger partial charge is 0.253 e. The molecule has 0 amide bonds. The van der Waals surface area contributed by atoms with E-state index in [0.29, 0.717) is 43.9 Å². The molecule has 0 spiro atoms. The highest BCUT2D eigenvalue weighted by molar-refractivity contribution is 7.89. The Hall–Kier alpha value is -2.00. The van der Waals surface area contributed by atoms with E-state index in [4.69, 9.17) is 4.52 Å². The van der Waals surface area contributed by atoms with Crippen molar-refractivity contribution in [1.29, 1.82) is 0 Å². The molecule has 9 heteroatoms. The average Bonchev–Trinajstić information content (AvgIpc) is 2.89. The van der Waals surface area contributed by atoms with Crippen molar-refractivity contribution in [2.45, 2.75) is 38.1 Å². The SMILES string of the molecule is Cc1noc(C)c1S(=O)(=O)N1CCC(Cn2cnccc2=O)CC1. The van der Waals surface area contributed by atoms with E-state index in [1.54, 1.807) is 18.4 Å². The number of sulfonamides is 1. The highest BCUT2D eigenvalue weighted by atomic mass is 32.2. The number of aromatic nitrogens is 3. The van der Waals surface area contributed by atoms with Crippen molar-refractivity contribution in [2.75, 3.05) is 13.1 Å². The van der Waals surface area contributed by atoms with Crippen molar-refractivity contribution in [2.24, 2.45) is 5.92 Å². The summed E-state index contributed by atoms with van der Waals surface area (Å²) in [5, 5.41) is 3.73. The molecule has 2 aromatic heterocycles. The van der Waals surface area contributed by atoms with E-state index in [0.717, 1.165) is 0 Å². The second kappa shape index (κ2) is 6.48. The number of piperidine rings is 1. The van der Waals surface area contributed by atoms with Crippen LogP contribution < -0.4 is 5.56 Å². The third-order valence-corrected chi connectivity index (χ3v) is 6.53. The number of hydrogen-bond donors (Lipinski definition) is 0. The van der Waals surface area contributed by atoms with Crippen LogP contribution in [0.2, 0.25) is 0 Å². The topological polar surface area (TPSA) is 98.3 Å². The van der Waals surface area contributed by atoms with E-state index in [1.165, 1.54) is 22.9 Å². The fourth-order valence-electron chi connectivity index (χ4n) is 3.10. The molecular formula is C15H20N4O4S. The summed E-state index contributed by atoms with van der Waals surface area (Å²) in [6, 6.07) is 1.43. The first kappa shape index (κ1) is 16.8. The van der Waals surface area contributed by atoms with Crippen LogP contribution in [0.3, 0.4) is 0 Å². The first-order chi connectivity index (χ1) is 11.4. The molecule has 1 fully saturated rings. The van der Waals surface area contributed by atoms with Gasteiger partial charge >= 0.3 is 0 Å². The summed E-state index contributed by atoms with van der Waals surface area (Å²) in [7, 11) is -3.59. The van der Waals surface area contributed by atoms with Gasteiger partial charge in [0, 0.05) is 31.9 Å². The Morgan fingerprint density at radius 1 is 1.29 bits per heavy atom. The number of hydrogen-bond acceptors (Lipinski definition) is 6. The van der Waals surface area contributed by atoms with Gasteiger partial charge in [-0.15, -0.1) is 0 Å². The second-order valence-corrected chi connectivity index (χ2v) is 7.95. The van der Waals surface area contributed by atoms with Crippen LogP contribution in [0.15, 0.2) is 32.8 Å². The molecule has 3 rings (SSSR count). The van der Waals surface area contributed by atoms with Gasteiger partial charge in [-0.25, -0.2) is 13.4 Å². The maximum atomic E-state index is 12.8. The van der Waals surface area contributed by atoms with Crippen molar-refractivity contribution in [3.8, 4) is 0 Å². The summed E-state index contributed by atoms with van der Waals surface area (Å²) < 4.78 is 33.6. The van der Waals surface area contributed by atoms with Crippen LogP contribution in [-0.2, 0) is 16.6 Å². The fourth-order valence-corrected chi connectivity index (χ4v) is 4.86. The molecule has 2 aromatic rings. The lowest BCUT2D eigenvalue weighted by Gasteiger charge is -2.31. The predicted molar refractivity (Wildman–Crippen MR) is 86.0 cm³/mol. The molecule has 0 aromatic carbocycles. The van der Waals surface area contributed by atoms with Gasteiger partial charge in [-0.3, -0.25) is 9.36 Å². The molecule has 3 heterocycles. The van der Waals surface area contributed by atoms with E-state index in [9.17, 15) is 13.2 Å². The predicted octanol–water partition coefficient (Wildman–Crippen LogP) is 0.949. The maximum Gasteiger partial charge on any atom is 0.253 e. The fraction of sp³-hybridized carbons (Fsp3) is 0.533. The normalized spacial score (nSPS) is 17.2. The van der Waals surface area contributed by atoms with Crippen LogP contribution in [0.25, 0.3) is 0 Å². The lowest BCUT2D eigenvalue weighted by Crippen LogP contribution is -2.40. The van der Waals surface area contributed by atoms with E-state index in [-0.39, 0.29) is 16.4 Å². The van der Waals surface area contributed by atoms with Gasteiger partial charge in [-0.1, -0.05) is 5.16 Å². The van der Waals surface area contributed by atoms with Crippen LogP contribution in [0, 0.1) is 19.8 Å². The molecule has 0 atom stereocenters. The molecule has 0 bridgehead atoms. The minimum Gasteiger partial charge on any atom is -0.360 e. The molecule has 130 valence electrons. The number of nitrogens with zero attached hydrogens (tertiary/aromatic N) is 4. The molecule has 8 nitrogen and oxygen atoms in total. The molecule has 1 saturated heterocycles. The molecule has 1 aliphatic rings. The van der Waals surface area contributed by atoms with Crippen molar-refractivity contribution in [3.05, 3.63) is 40.4 Å². The van der Waals surface area contributed by atoms with Crippen molar-refractivity contribution < 1.29 is 12.9 Å². The zero-order valence-corrected chi connectivity index (χ0v) is 14.5. The van der Waals surface area contributed by atoms with Gasteiger partial charge in [-0.05, 0) is 32.6 Å². The molecule has 0 unspecified atom stereocenters. The Morgan fingerprint density at radius 3 is 2.58 bits per heavy atom. The Morgan fingerprint density at radius 2 is 2.00 bits per heavy atom. The lowest BCUT2D eigenvalue weighted by molar-refractivity contribution is 0.250. The Balaban J connectivity index is 1.69. The minimum absolute atomic E-state index is 0.0872. The van der Waals surface area contributed by atoms with E-state index < -0.39 is 10.0 Å². The van der Waals surface area contributed by atoms with Crippen molar-refractivity contribution in [3.63, 3.8) is 0 Å². The van der Waals surface area contributed by atoms with Crippen LogP contribution in [0.5, 0.6) is 0 Å². The van der Waals surface area contributed by atoms with Crippen LogP contribution in [-0.4, -0.2) is 40.5 Å². The Kier molecular flexibility index (Phi) is 4.55. The van der Waals surface area contributed by atoms with Gasteiger partial charge in [-0.2, -0.15) is 4.31 Å². The summed E-state index contributed by atoms with van der Waals surface area (Å²) in [4.78, 5) is 15.9. The van der Waals surface area contributed by atoms with Gasteiger partial charge in [0.15, 0.2) is 5.76 Å². The third-order valence-electron chi connectivity index (χ3n) is 4.39. The number of rotatable bonds is 4. The lowest BCUT2D eigenvalue weighted by atomic mass is 9.98. The van der Waals surface area contributed by atoms with E-state index >= 15 is 0 Å². The standard InChI is InChI=1S/C15H20N4O4S/c1-11-15(12(2)23-17-11)24(21,22)19-7-4-13(5-8-19)9-18-10-16-6-3-14(18)20/h3,6,10,13H,4-5,7-9H2,1-2H3. The van der Waals surface area contributed by atoms with E-state index in [2.05, 4.69) is 10.1 Å². The van der Waals surface area contributed by atoms with Crippen LogP contribution in [0.1, 0.15) is 24.3 Å². The molecule has 1 aliphatic heterocycles. The molecule has 0 N–H and O–H groups in total. The summed E-state index contributed by atoms with van der Waals surface area (Å²) >= 11 is 0. The van der Waals surface area contributed by atoms with Gasteiger partial charge in [0.25, 0.3) is 5.56 Å². The van der Waals surface area contributed by atoms with E-state index in [1.807, 2.05) is 0 Å². The van der Waals surface area contributed by atoms with Crippen molar-refractivity contribution in [1.82, 2.24) is 19.0 Å². The first-order valence-electron chi connectivity index (χ1n) is 7.83. The van der Waals surface area contributed by atoms with Gasteiger partial charge < -0.3 is 4.52 Å². The molecular weight excluding hydrogens is 332 g/mol. The first-order valence-corrected chi connectivity index (χ1v) is 9.27. The minimum atomic E-state index is -3.59. The summed E-state index contributed by atoms with van der Waals surface area (Å²) in [6.07, 6.45) is 4.39. The Bertz CT molecular complexity index is 859. The molecule has 0 saturated carbocycles. The average molecular weight is 352 g/mol. The summed E-state index contributed by atoms with van der Waals surface area (Å²) in [6.45, 7) is 4.64. The molecule has 0 radical (unpaired) electrons. The highest BCUT2D eigenvalue weighted by Gasteiger charge is 2.33. The largest absolute Gasteiger partial charge is 0.360 e.